The van der Waals surface area contributed by atoms with E-state index in [0.717, 1.165) is 12.8 Å². The average molecular weight is 364 g/mol. The van der Waals surface area contributed by atoms with Gasteiger partial charge < -0.3 is 20.8 Å². The Hall–Kier alpha value is -2.24. The number of phenols is 1. The molecule has 0 aliphatic carbocycles. The summed E-state index contributed by atoms with van der Waals surface area (Å²) in [6.45, 7) is 2.82. The minimum absolute atomic E-state index is 0.238. The van der Waals surface area contributed by atoms with Gasteiger partial charge >= 0.3 is 12.0 Å². The molecular formula is C20H32N2O4. The highest BCUT2D eigenvalue weighted by Crippen LogP contribution is 2.21. The number of hydrogen-bond acceptors (Lipinski definition) is 3. The smallest absolute Gasteiger partial charge is 0.339 e. The first-order valence-corrected chi connectivity index (χ1v) is 9.65. The van der Waals surface area contributed by atoms with Crippen LogP contribution in [-0.2, 0) is 0 Å². The maximum Gasteiger partial charge on any atom is 0.339 e. The highest BCUT2D eigenvalue weighted by Gasteiger charge is 2.11. The Labute approximate surface area is 156 Å². The molecule has 4 N–H and O–H groups in total. The number of carboxylic acids is 1. The molecule has 0 aliphatic rings. The van der Waals surface area contributed by atoms with Crippen LogP contribution in [0.1, 0.15) is 81.5 Å². The van der Waals surface area contributed by atoms with Gasteiger partial charge in [-0.1, -0.05) is 64.7 Å². The van der Waals surface area contributed by atoms with Gasteiger partial charge in [-0.15, -0.1) is 0 Å². The molecule has 0 atom stereocenters. The number of aromatic hydroxyl groups is 1. The third-order valence-electron chi connectivity index (χ3n) is 4.30. The SMILES string of the molecule is CCCCCCCCCCCCNC(=O)Nc1ccc(O)c(C(=O)O)c1. The van der Waals surface area contributed by atoms with Crippen LogP contribution in [0.4, 0.5) is 10.5 Å². The van der Waals surface area contributed by atoms with Crippen molar-refractivity contribution in [2.75, 3.05) is 11.9 Å². The fourth-order valence-corrected chi connectivity index (χ4v) is 2.77. The van der Waals surface area contributed by atoms with Crippen molar-refractivity contribution in [1.82, 2.24) is 5.32 Å². The predicted molar refractivity (Wildman–Crippen MR) is 104 cm³/mol. The van der Waals surface area contributed by atoms with Crippen LogP contribution in [0.5, 0.6) is 5.75 Å². The Morgan fingerprint density at radius 2 is 1.50 bits per heavy atom. The van der Waals surface area contributed by atoms with Crippen molar-refractivity contribution in [2.45, 2.75) is 71.1 Å². The summed E-state index contributed by atoms with van der Waals surface area (Å²) in [7, 11) is 0. The number of carbonyl (C=O) groups is 2. The highest BCUT2D eigenvalue weighted by molar-refractivity contribution is 5.95. The lowest BCUT2D eigenvalue weighted by Crippen LogP contribution is -2.29. The Morgan fingerprint density at radius 1 is 0.923 bits per heavy atom. The summed E-state index contributed by atoms with van der Waals surface area (Å²) < 4.78 is 0. The molecule has 6 nitrogen and oxygen atoms in total. The number of anilines is 1. The molecule has 1 rings (SSSR count). The number of hydrogen-bond donors (Lipinski definition) is 4. The molecule has 0 aliphatic heterocycles. The summed E-state index contributed by atoms with van der Waals surface area (Å²) in [5.41, 5.74) is 0.0956. The van der Waals surface area contributed by atoms with Crippen LogP contribution in [0, 0.1) is 0 Å². The first-order valence-electron chi connectivity index (χ1n) is 9.65. The minimum Gasteiger partial charge on any atom is -0.507 e. The third kappa shape index (κ3) is 9.30. The first-order chi connectivity index (χ1) is 12.5. The van der Waals surface area contributed by atoms with Crippen molar-refractivity contribution >= 4 is 17.7 Å². The van der Waals surface area contributed by atoms with E-state index < -0.39 is 5.97 Å². The second-order valence-corrected chi connectivity index (χ2v) is 6.60. The molecule has 1 aromatic carbocycles. The van der Waals surface area contributed by atoms with Gasteiger partial charge in [0.15, 0.2) is 0 Å². The second-order valence-electron chi connectivity index (χ2n) is 6.60. The van der Waals surface area contributed by atoms with Gasteiger partial charge in [0.2, 0.25) is 0 Å². The number of urea groups is 1. The molecule has 0 bridgehead atoms. The van der Waals surface area contributed by atoms with Crippen LogP contribution in [0.15, 0.2) is 18.2 Å². The van der Waals surface area contributed by atoms with E-state index in [2.05, 4.69) is 17.6 Å². The quantitative estimate of drug-likeness (QED) is 0.288. The van der Waals surface area contributed by atoms with E-state index in [1.54, 1.807) is 0 Å². The number of aromatic carboxylic acids is 1. The van der Waals surface area contributed by atoms with Crippen molar-refractivity contribution in [2.24, 2.45) is 0 Å². The van der Waals surface area contributed by atoms with Gasteiger partial charge in [0, 0.05) is 12.2 Å². The van der Waals surface area contributed by atoms with E-state index >= 15 is 0 Å². The Bertz CT molecular complexity index is 561. The lowest BCUT2D eigenvalue weighted by molar-refractivity contribution is 0.0693. The van der Waals surface area contributed by atoms with Gasteiger partial charge in [0.1, 0.15) is 11.3 Å². The van der Waals surface area contributed by atoms with Crippen LogP contribution in [0.3, 0.4) is 0 Å². The van der Waals surface area contributed by atoms with E-state index in [4.69, 9.17) is 5.11 Å². The van der Waals surface area contributed by atoms with Gasteiger partial charge in [-0.25, -0.2) is 9.59 Å². The molecule has 0 aromatic heterocycles. The molecule has 26 heavy (non-hydrogen) atoms. The molecule has 2 amide bonds. The molecule has 0 saturated heterocycles. The first kappa shape index (κ1) is 21.8. The summed E-state index contributed by atoms with van der Waals surface area (Å²) in [6, 6.07) is 3.57. The summed E-state index contributed by atoms with van der Waals surface area (Å²) in [5, 5.41) is 23.7. The minimum atomic E-state index is -1.24. The summed E-state index contributed by atoms with van der Waals surface area (Å²) in [5.74, 6) is -1.56. The summed E-state index contributed by atoms with van der Waals surface area (Å²) in [6.07, 6.45) is 12.4. The Balaban J connectivity index is 2.09. The topological polar surface area (TPSA) is 98.7 Å². The zero-order valence-corrected chi connectivity index (χ0v) is 15.7. The number of unbranched alkanes of at least 4 members (excludes halogenated alkanes) is 9. The van der Waals surface area contributed by atoms with Gasteiger partial charge in [-0.2, -0.15) is 0 Å². The molecule has 0 fully saturated rings. The number of nitrogens with one attached hydrogen (secondary N) is 2. The van der Waals surface area contributed by atoms with E-state index in [9.17, 15) is 14.7 Å². The zero-order valence-electron chi connectivity index (χ0n) is 15.7. The predicted octanol–water partition coefficient (Wildman–Crippen LogP) is 5.13. The third-order valence-corrected chi connectivity index (χ3v) is 4.30. The van der Waals surface area contributed by atoms with Crippen molar-refractivity contribution < 1.29 is 19.8 Å². The maximum absolute atomic E-state index is 11.8. The van der Waals surface area contributed by atoms with Gasteiger partial charge in [-0.05, 0) is 24.6 Å². The Morgan fingerprint density at radius 3 is 2.08 bits per heavy atom. The van der Waals surface area contributed by atoms with Gasteiger partial charge in [-0.3, -0.25) is 0 Å². The van der Waals surface area contributed by atoms with Crippen LogP contribution >= 0.6 is 0 Å². The molecule has 0 saturated carbocycles. The van der Waals surface area contributed by atoms with Crippen molar-refractivity contribution in [3.8, 4) is 5.75 Å². The number of carbonyl (C=O) groups excluding carboxylic acids is 1. The summed E-state index contributed by atoms with van der Waals surface area (Å²) >= 11 is 0. The van der Waals surface area contributed by atoms with Crippen molar-refractivity contribution in [1.29, 1.82) is 0 Å². The van der Waals surface area contributed by atoms with Crippen LogP contribution in [0.25, 0.3) is 0 Å². The van der Waals surface area contributed by atoms with Gasteiger partial charge in [0.25, 0.3) is 0 Å². The molecule has 146 valence electrons. The molecule has 0 radical (unpaired) electrons. The molecule has 1 aromatic rings. The number of benzene rings is 1. The van der Waals surface area contributed by atoms with Crippen molar-refractivity contribution in [3.63, 3.8) is 0 Å². The maximum atomic E-state index is 11.8. The molecule has 0 unspecified atom stereocenters. The zero-order chi connectivity index (χ0) is 19.2. The molecule has 0 spiro atoms. The van der Waals surface area contributed by atoms with Crippen LogP contribution < -0.4 is 10.6 Å². The standard InChI is InChI=1S/C20H32N2O4/c1-2-3-4-5-6-7-8-9-10-11-14-21-20(26)22-16-12-13-18(23)17(15-16)19(24)25/h12-13,15,23H,2-11,14H2,1H3,(H,24,25)(H2,21,22,26). The van der Waals surface area contributed by atoms with E-state index in [-0.39, 0.29) is 17.3 Å². The molecular weight excluding hydrogens is 332 g/mol. The van der Waals surface area contributed by atoms with E-state index in [1.165, 1.54) is 69.6 Å². The monoisotopic (exact) mass is 364 g/mol. The largest absolute Gasteiger partial charge is 0.507 e. The average Bonchev–Trinajstić information content (AvgIpc) is 2.61. The van der Waals surface area contributed by atoms with E-state index in [1.807, 2.05) is 0 Å². The molecule has 6 heteroatoms. The fraction of sp³-hybridized carbons (Fsp3) is 0.600. The summed E-state index contributed by atoms with van der Waals surface area (Å²) in [4.78, 5) is 22.8. The number of carboxylic acid groups (broad SMARTS) is 1. The number of amides is 2. The van der Waals surface area contributed by atoms with Crippen molar-refractivity contribution in [3.05, 3.63) is 23.8 Å². The van der Waals surface area contributed by atoms with Crippen LogP contribution in [0.2, 0.25) is 0 Å². The highest BCUT2D eigenvalue weighted by atomic mass is 16.4. The molecule has 0 heterocycles. The number of rotatable bonds is 13. The van der Waals surface area contributed by atoms with Gasteiger partial charge in [0.05, 0.1) is 0 Å². The fourth-order valence-electron chi connectivity index (χ4n) is 2.77. The van der Waals surface area contributed by atoms with Crippen LogP contribution in [-0.4, -0.2) is 28.8 Å². The Kier molecular flexibility index (Phi) is 10.9. The lowest BCUT2D eigenvalue weighted by atomic mass is 10.1. The normalized spacial score (nSPS) is 10.5. The van der Waals surface area contributed by atoms with E-state index in [0.29, 0.717) is 12.2 Å². The second kappa shape index (κ2) is 13.0. The lowest BCUT2D eigenvalue weighted by Gasteiger charge is -2.09.